The minimum absolute atomic E-state index is 0.0439. The number of likely N-dealkylation sites (tertiary alicyclic amines) is 1. The van der Waals surface area contributed by atoms with Crippen molar-refractivity contribution >= 4 is 21.6 Å². The third kappa shape index (κ3) is 3.17. The van der Waals surface area contributed by atoms with Crippen molar-refractivity contribution in [2.24, 2.45) is 5.73 Å². The van der Waals surface area contributed by atoms with E-state index in [-0.39, 0.29) is 5.56 Å². The first kappa shape index (κ1) is 14.7. The van der Waals surface area contributed by atoms with Crippen LogP contribution >= 0.6 is 15.9 Å². The summed E-state index contributed by atoms with van der Waals surface area (Å²) in [5.41, 5.74) is 7.31. The van der Waals surface area contributed by atoms with Gasteiger partial charge in [-0.2, -0.15) is 0 Å². The number of rotatable bonds is 3. The van der Waals surface area contributed by atoms with E-state index >= 15 is 0 Å². The van der Waals surface area contributed by atoms with Crippen molar-refractivity contribution in [2.45, 2.75) is 31.8 Å². The monoisotopic (exact) mass is 350 g/mol. The van der Waals surface area contributed by atoms with Crippen LogP contribution in [-0.2, 0) is 6.54 Å². The van der Waals surface area contributed by atoms with Gasteiger partial charge in [-0.3, -0.25) is 14.1 Å². The van der Waals surface area contributed by atoms with Crippen LogP contribution in [0.25, 0.3) is 5.65 Å². The number of pyridine rings is 1. The predicted molar refractivity (Wildman–Crippen MR) is 86.3 cm³/mol. The van der Waals surface area contributed by atoms with Gasteiger partial charge in [0.05, 0.1) is 5.69 Å². The van der Waals surface area contributed by atoms with Crippen molar-refractivity contribution in [1.29, 1.82) is 0 Å². The van der Waals surface area contributed by atoms with E-state index in [1.165, 1.54) is 12.8 Å². The number of piperidine rings is 1. The van der Waals surface area contributed by atoms with Gasteiger partial charge in [-0.25, -0.2) is 4.98 Å². The van der Waals surface area contributed by atoms with Crippen LogP contribution in [0.5, 0.6) is 0 Å². The molecule has 0 amide bonds. The number of halogens is 1. The first-order valence-electron chi connectivity index (χ1n) is 7.29. The van der Waals surface area contributed by atoms with Gasteiger partial charge >= 0.3 is 0 Å². The summed E-state index contributed by atoms with van der Waals surface area (Å²) in [6.07, 6.45) is 5.31. The summed E-state index contributed by atoms with van der Waals surface area (Å²) in [6, 6.07) is 5.78. The zero-order chi connectivity index (χ0) is 14.8. The molecule has 5 nitrogen and oxygen atoms in total. The molecule has 2 aromatic rings. The molecule has 21 heavy (non-hydrogen) atoms. The Morgan fingerprint density at radius 1 is 1.38 bits per heavy atom. The third-order valence-electron chi connectivity index (χ3n) is 4.06. The molecule has 1 saturated heterocycles. The highest BCUT2D eigenvalue weighted by Crippen LogP contribution is 2.18. The van der Waals surface area contributed by atoms with Crippen molar-refractivity contribution in [2.75, 3.05) is 13.1 Å². The number of fused-ring (bicyclic) bond motifs is 1. The molecule has 0 radical (unpaired) electrons. The quantitative estimate of drug-likeness (QED) is 0.916. The Balaban J connectivity index is 1.90. The van der Waals surface area contributed by atoms with E-state index in [1.807, 2.05) is 12.1 Å². The SMILES string of the molecule is NCC1CCCCN1Cc1cc(=O)n2cc(Br)ccc2n1. The third-order valence-corrected chi connectivity index (χ3v) is 4.53. The molecule has 1 aliphatic rings. The lowest BCUT2D eigenvalue weighted by Gasteiger charge is -2.34. The Labute approximate surface area is 131 Å². The molecule has 0 spiro atoms. The minimum Gasteiger partial charge on any atom is -0.329 e. The highest BCUT2D eigenvalue weighted by molar-refractivity contribution is 9.10. The number of nitrogens with zero attached hydrogens (tertiary/aromatic N) is 3. The van der Waals surface area contributed by atoms with Crippen LogP contribution in [0.15, 0.2) is 33.7 Å². The smallest absolute Gasteiger partial charge is 0.258 e. The standard InChI is InChI=1S/C15H19BrN4O/c16-11-4-5-14-18-12(7-15(21)20(14)9-11)10-19-6-2-1-3-13(19)8-17/h4-5,7,9,13H,1-3,6,8,10,17H2. The second kappa shape index (κ2) is 6.25. The highest BCUT2D eigenvalue weighted by atomic mass is 79.9. The molecule has 1 atom stereocenters. The molecule has 0 saturated carbocycles. The van der Waals surface area contributed by atoms with Crippen LogP contribution in [0, 0.1) is 0 Å². The lowest BCUT2D eigenvalue weighted by molar-refractivity contribution is 0.143. The topological polar surface area (TPSA) is 63.6 Å². The van der Waals surface area contributed by atoms with Crippen molar-refractivity contribution < 1.29 is 0 Å². The number of nitrogens with two attached hydrogens (primary N) is 1. The summed E-state index contributed by atoms with van der Waals surface area (Å²) in [7, 11) is 0. The van der Waals surface area contributed by atoms with E-state index in [0.717, 1.165) is 23.1 Å². The molecule has 0 bridgehead atoms. The lowest BCUT2D eigenvalue weighted by Crippen LogP contribution is -2.43. The van der Waals surface area contributed by atoms with Gasteiger partial charge in [-0.05, 0) is 47.4 Å². The van der Waals surface area contributed by atoms with Crippen LogP contribution in [0.2, 0.25) is 0 Å². The average Bonchev–Trinajstić information content (AvgIpc) is 2.49. The summed E-state index contributed by atoms with van der Waals surface area (Å²) < 4.78 is 2.43. The van der Waals surface area contributed by atoms with E-state index < -0.39 is 0 Å². The maximum Gasteiger partial charge on any atom is 0.258 e. The first-order chi connectivity index (χ1) is 10.2. The van der Waals surface area contributed by atoms with Gasteiger partial charge in [0.1, 0.15) is 5.65 Å². The molecule has 0 aliphatic carbocycles. The Kier molecular flexibility index (Phi) is 4.37. The van der Waals surface area contributed by atoms with Crippen molar-refractivity contribution in [3.05, 3.63) is 44.9 Å². The summed E-state index contributed by atoms with van der Waals surface area (Å²) in [4.78, 5) is 19.2. The van der Waals surface area contributed by atoms with Crippen LogP contribution < -0.4 is 11.3 Å². The van der Waals surface area contributed by atoms with E-state index in [4.69, 9.17) is 5.73 Å². The van der Waals surface area contributed by atoms with Crippen molar-refractivity contribution in [3.8, 4) is 0 Å². The van der Waals surface area contributed by atoms with Gasteiger partial charge in [0.25, 0.3) is 5.56 Å². The molecule has 1 aliphatic heterocycles. The minimum atomic E-state index is -0.0439. The lowest BCUT2D eigenvalue weighted by atomic mass is 10.0. The number of aromatic nitrogens is 2. The van der Waals surface area contributed by atoms with Crippen LogP contribution in [0.4, 0.5) is 0 Å². The van der Waals surface area contributed by atoms with Gasteiger partial charge in [-0.15, -0.1) is 0 Å². The Bertz CT molecular complexity index is 700. The molecule has 1 unspecified atom stereocenters. The molecule has 2 aromatic heterocycles. The van der Waals surface area contributed by atoms with E-state index in [9.17, 15) is 4.79 Å². The average molecular weight is 351 g/mol. The fraction of sp³-hybridized carbons (Fsp3) is 0.467. The molecule has 6 heteroatoms. The molecule has 3 heterocycles. The summed E-state index contributed by atoms with van der Waals surface area (Å²) in [5.74, 6) is 0. The number of hydrogen-bond donors (Lipinski definition) is 1. The molecular weight excluding hydrogens is 332 g/mol. The van der Waals surface area contributed by atoms with Crippen molar-refractivity contribution in [1.82, 2.24) is 14.3 Å². The molecule has 2 N–H and O–H groups in total. The summed E-state index contributed by atoms with van der Waals surface area (Å²) >= 11 is 3.37. The van der Waals surface area contributed by atoms with Gasteiger partial charge in [-0.1, -0.05) is 6.42 Å². The fourth-order valence-corrected chi connectivity index (χ4v) is 3.29. The predicted octanol–water partition coefficient (Wildman–Crippen LogP) is 1.77. The maximum atomic E-state index is 12.2. The molecular formula is C15H19BrN4O. The van der Waals surface area contributed by atoms with E-state index in [2.05, 4.69) is 25.8 Å². The van der Waals surface area contributed by atoms with Gasteiger partial charge in [0, 0.05) is 35.9 Å². The van der Waals surface area contributed by atoms with Crippen molar-refractivity contribution in [3.63, 3.8) is 0 Å². The number of hydrogen-bond acceptors (Lipinski definition) is 4. The fourth-order valence-electron chi connectivity index (χ4n) is 2.95. The van der Waals surface area contributed by atoms with E-state index in [1.54, 1.807) is 16.7 Å². The zero-order valence-electron chi connectivity index (χ0n) is 11.8. The maximum absolute atomic E-state index is 12.2. The second-order valence-electron chi connectivity index (χ2n) is 5.52. The molecule has 1 fully saturated rings. The normalized spacial score (nSPS) is 20.0. The first-order valence-corrected chi connectivity index (χ1v) is 8.08. The summed E-state index contributed by atoms with van der Waals surface area (Å²) in [5, 5.41) is 0. The van der Waals surface area contributed by atoms with Gasteiger partial charge in [0.15, 0.2) is 0 Å². The van der Waals surface area contributed by atoms with Crippen LogP contribution in [-0.4, -0.2) is 33.4 Å². The van der Waals surface area contributed by atoms with Gasteiger partial charge < -0.3 is 5.73 Å². The van der Waals surface area contributed by atoms with Crippen LogP contribution in [0.3, 0.4) is 0 Å². The second-order valence-corrected chi connectivity index (χ2v) is 6.43. The summed E-state index contributed by atoms with van der Waals surface area (Å²) in [6.45, 7) is 2.40. The Morgan fingerprint density at radius 3 is 3.05 bits per heavy atom. The zero-order valence-corrected chi connectivity index (χ0v) is 13.4. The van der Waals surface area contributed by atoms with Crippen LogP contribution in [0.1, 0.15) is 25.0 Å². The largest absolute Gasteiger partial charge is 0.329 e. The Morgan fingerprint density at radius 2 is 2.24 bits per heavy atom. The molecule has 112 valence electrons. The molecule has 0 aromatic carbocycles. The highest BCUT2D eigenvalue weighted by Gasteiger charge is 2.21. The van der Waals surface area contributed by atoms with E-state index in [0.29, 0.717) is 24.8 Å². The van der Waals surface area contributed by atoms with Gasteiger partial charge in [0.2, 0.25) is 0 Å². The molecule has 3 rings (SSSR count). The Hall–Kier alpha value is -1.24.